The monoisotopic (exact) mass is 414 g/mol. The minimum Gasteiger partial charge on any atom is -0.182 e. The third kappa shape index (κ3) is 19.6. The molecule has 0 saturated heterocycles. The van der Waals surface area contributed by atoms with Gasteiger partial charge >= 0.3 is 0 Å². The number of hydrogen-bond acceptors (Lipinski definition) is 2. The zero-order valence-electron chi connectivity index (χ0n) is 20.5. The topological polar surface area (TPSA) is 40.5 Å². The van der Waals surface area contributed by atoms with Gasteiger partial charge in [0, 0.05) is 12.8 Å². The fourth-order valence-corrected chi connectivity index (χ4v) is 4.19. The van der Waals surface area contributed by atoms with E-state index in [0.717, 1.165) is 25.7 Å². The van der Waals surface area contributed by atoms with Crippen LogP contribution in [0.1, 0.15) is 156 Å². The van der Waals surface area contributed by atoms with Gasteiger partial charge in [-0.1, -0.05) is 123 Å². The van der Waals surface area contributed by atoms with Crippen LogP contribution in [0.2, 0.25) is 0 Å². The van der Waals surface area contributed by atoms with Crippen molar-refractivity contribution in [2.45, 2.75) is 162 Å². The van der Waals surface area contributed by atoms with E-state index in [2.05, 4.69) is 13.8 Å². The molecule has 0 rings (SSSR count). The molecule has 0 aliphatic rings. The third-order valence-electron chi connectivity index (χ3n) is 6.52. The Bertz CT molecular complexity index is 320. The molecule has 1 unspecified atom stereocenters. The van der Waals surface area contributed by atoms with Gasteiger partial charge in [0.2, 0.25) is 0 Å². The van der Waals surface area contributed by atoms with Crippen LogP contribution in [0.15, 0.2) is 0 Å². The summed E-state index contributed by atoms with van der Waals surface area (Å²) in [6.07, 6.45) is 27.0. The Kier molecular flexibility index (Phi) is 21.0. The van der Waals surface area contributed by atoms with E-state index in [-0.39, 0.29) is 6.04 Å². The molecular weight excluding hydrogens is 358 g/mol. The van der Waals surface area contributed by atoms with Crippen LogP contribution < -0.4 is 0 Å². The maximum absolute atomic E-state index is 10.3. The smallest absolute Gasteiger partial charge is 0.149 e. The Labute approximate surface area is 183 Å². The van der Waals surface area contributed by atoms with Gasteiger partial charge in [-0.05, 0) is 24.6 Å². The highest BCUT2D eigenvalue weighted by molar-refractivity contribution is 4.53. The van der Waals surface area contributed by atoms with Crippen molar-refractivity contribution in [2.24, 2.45) is 0 Å². The van der Waals surface area contributed by atoms with Gasteiger partial charge in [-0.3, -0.25) is 0 Å². The van der Waals surface area contributed by atoms with Crippen molar-refractivity contribution < 1.29 is 15.2 Å². The van der Waals surface area contributed by atoms with Gasteiger partial charge in [-0.2, -0.15) is 10.4 Å². The molecule has 0 aromatic rings. The van der Waals surface area contributed by atoms with Crippen LogP contribution in [0.25, 0.3) is 0 Å². The van der Waals surface area contributed by atoms with E-state index in [1.807, 2.05) is 6.92 Å². The molecule has 0 aromatic heterocycles. The van der Waals surface area contributed by atoms with E-state index >= 15 is 0 Å². The lowest BCUT2D eigenvalue weighted by molar-refractivity contribution is -1.26. The second kappa shape index (κ2) is 21.1. The molecule has 0 aromatic carbocycles. The van der Waals surface area contributed by atoms with Crippen LogP contribution in [0.5, 0.6) is 0 Å². The lowest BCUT2D eigenvalue weighted by atomic mass is 10.0. The quantitative estimate of drug-likeness (QED) is 0.0993. The molecule has 29 heavy (non-hydrogen) atoms. The van der Waals surface area contributed by atoms with Crippen molar-refractivity contribution in [3.8, 4) is 0 Å². The van der Waals surface area contributed by atoms with E-state index in [1.54, 1.807) is 0 Å². The van der Waals surface area contributed by atoms with Crippen molar-refractivity contribution in [3.05, 3.63) is 0 Å². The van der Waals surface area contributed by atoms with Gasteiger partial charge in [0.1, 0.15) is 12.6 Å². The summed E-state index contributed by atoms with van der Waals surface area (Å²) in [5.74, 6) is 0. The molecule has 176 valence electrons. The second-order valence-electron chi connectivity index (χ2n) is 9.51. The number of unbranched alkanes of at least 4 members (excludes halogenated alkanes) is 18. The highest BCUT2D eigenvalue weighted by atomic mass is 16.8. The summed E-state index contributed by atoms with van der Waals surface area (Å²) in [6, 6.07) is -0.0670. The molecule has 3 nitrogen and oxygen atoms in total. The average molecular weight is 415 g/mol. The largest absolute Gasteiger partial charge is 0.182 e. The minimum atomic E-state index is -0.769. The van der Waals surface area contributed by atoms with E-state index in [9.17, 15) is 10.4 Å². The molecule has 0 aliphatic heterocycles. The highest BCUT2D eigenvalue weighted by Gasteiger charge is 2.30. The van der Waals surface area contributed by atoms with Crippen LogP contribution in [0.3, 0.4) is 0 Å². The van der Waals surface area contributed by atoms with Crippen molar-refractivity contribution in [3.63, 3.8) is 0 Å². The Morgan fingerprint density at radius 3 is 1.17 bits per heavy atom. The maximum Gasteiger partial charge on any atom is 0.149 e. The van der Waals surface area contributed by atoms with Crippen LogP contribution in [0, 0.1) is 0 Å². The molecule has 0 saturated carbocycles. The first-order chi connectivity index (χ1) is 14.0. The molecule has 0 spiro atoms. The van der Waals surface area contributed by atoms with Crippen LogP contribution >= 0.6 is 0 Å². The Hall–Kier alpha value is -0.120. The van der Waals surface area contributed by atoms with Gasteiger partial charge in [-0.15, -0.1) is 0 Å². The fourth-order valence-electron chi connectivity index (χ4n) is 4.19. The second-order valence-corrected chi connectivity index (χ2v) is 9.51. The minimum absolute atomic E-state index is 0.0670. The highest BCUT2D eigenvalue weighted by Crippen LogP contribution is 2.18. The standard InChI is InChI=1S/C26H56NO2/c1-4-6-8-10-12-14-16-18-20-22-24-26(3)27(28,29)25-23-21-19-17-15-13-11-9-7-5-2/h26,28-29H,4-25H2,1-3H3/q+1. The summed E-state index contributed by atoms with van der Waals surface area (Å²) in [6.45, 7) is 7.00. The summed E-state index contributed by atoms with van der Waals surface area (Å²) in [5.41, 5.74) is 0. The summed E-state index contributed by atoms with van der Waals surface area (Å²) < 4.78 is 0. The molecule has 0 radical (unpaired) electrons. The van der Waals surface area contributed by atoms with Crippen molar-refractivity contribution >= 4 is 0 Å². The van der Waals surface area contributed by atoms with Crippen molar-refractivity contribution in [1.82, 2.24) is 0 Å². The molecular formula is C26H56NO2+. The summed E-state index contributed by atoms with van der Waals surface area (Å²) in [7, 11) is 0. The first-order valence-corrected chi connectivity index (χ1v) is 13.4. The lowest BCUT2D eigenvalue weighted by Crippen LogP contribution is -2.49. The number of hydroxylamine groups is 4. The number of nitrogens with zero attached hydrogens (tertiary/aromatic N) is 1. The normalized spacial score (nSPS) is 13.1. The van der Waals surface area contributed by atoms with Gasteiger partial charge in [0.25, 0.3) is 0 Å². The molecule has 0 aliphatic carbocycles. The number of hydrogen-bond donors (Lipinski definition) is 2. The predicted octanol–water partition coefficient (Wildman–Crippen LogP) is 9.20. The molecule has 0 heterocycles. The molecule has 0 fully saturated rings. The maximum atomic E-state index is 10.3. The third-order valence-corrected chi connectivity index (χ3v) is 6.52. The number of rotatable bonds is 23. The molecule has 1 atom stereocenters. The Balaban J connectivity index is 3.49. The van der Waals surface area contributed by atoms with Crippen LogP contribution in [0.4, 0.5) is 0 Å². The first-order valence-electron chi connectivity index (χ1n) is 13.4. The zero-order chi connectivity index (χ0) is 21.6. The Morgan fingerprint density at radius 2 is 0.793 bits per heavy atom. The SMILES string of the molecule is CCCCCCCCCCCCC(C)[N+](O)(O)CCCCCCCCCCCC. The zero-order valence-corrected chi connectivity index (χ0v) is 20.5. The van der Waals surface area contributed by atoms with Gasteiger partial charge < -0.3 is 0 Å². The van der Waals surface area contributed by atoms with E-state index in [1.165, 1.54) is 109 Å². The van der Waals surface area contributed by atoms with Crippen LogP contribution in [-0.2, 0) is 0 Å². The van der Waals surface area contributed by atoms with Gasteiger partial charge in [0.15, 0.2) is 0 Å². The lowest BCUT2D eigenvalue weighted by Gasteiger charge is -2.27. The molecule has 0 bridgehead atoms. The first kappa shape index (κ1) is 28.9. The summed E-state index contributed by atoms with van der Waals surface area (Å²) in [5, 5.41) is 20.7. The predicted molar refractivity (Wildman–Crippen MR) is 126 cm³/mol. The van der Waals surface area contributed by atoms with Crippen molar-refractivity contribution in [1.29, 1.82) is 0 Å². The van der Waals surface area contributed by atoms with E-state index in [4.69, 9.17) is 0 Å². The van der Waals surface area contributed by atoms with Gasteiger partial charge in [0.05, 0.1) is 0 Å². The number of quaternary nitrogens is 1. The van der Waals surface area contributed by atoms with Crippen LogP contribution in [-0.4, -0.2) is 27.8 Å². The van der Waals surface area contributed by atoms with E-state index in [0.29, 0.717) is 6.54 Å². The molecule has 3 heteroatoms. The summed E-state index contributed by atoms with van der Waals surface area (Å²) >= 11 is 0. The fraction of sp³-hybridized carbons (Fsp3) is 1.00. The van der Waals surface area contributed by atoms with Crippen molar-refractivity contribution in [2.75, 3.05) is 6.54 Å². The van der Waals surface area contributed by atoms with Gasteiger partial charge in [-0.25, -0.2) is 0 Å². The molecule has 0 amide bonds. The van der Waals surface area contributed by atoms with E-state index < -0.39 is 4.81 Å². The average Bonchev–Trinajstić information content (AvgIpc) is 2.70. The Morgan fingerprint density at radius 1 is 0.483 bits per heavy atom. The molecule has 2 N–H and O–H groups in total. The summed E-state index contributed by atoms with van der Waals surface area (Å²) in [4.78, 5) is -0.769.